The lowest BCUT2D eigenvalue weighted by atomic mass is 10.1. The van der Waals surface area contributed by atoms with E-state index in [9.17, 15) is 4.79 Å². The highest BCUT2D eigenvalue weighted by atomic mass is 16.2. The zero-order chi connectivity index (χ0) is 16.0. The Morgan fingerprint density at radius 2 is 2.17 bits per heavy atom. The quantitative estimate of drug-likeness (QED) is 0.763. The number of aromatic amines is 2. The van der Waals surface area contributed by atoms with Crippen molar-refractivity contribution in [3.8, 4) is 0 Å². The molecule has 0 bridgehead atoms. The first kappa shape index (κ1) is 14.0. The normalized spacial score (nSPS) is 18.0. The van der Waals surface area contributed by atoms with Gasteiger partial charge in [0.2, 0.25) is 0 Å². The number of benzene rings is 1. The van der Waals surface area contributed by atoms with Crippen LogP contribution in [-0.4, -0.2) is 43.8 Å². The Morgan fingerprint density at radius 1 is 1.30 bits per heavy atom. The minimum absolute atomic E-state index is 0.0740. The summed E-state index contributed by atoms with van der Waals surface area (Å²) < 4.78 is 0. The van der Waals surface area contributed by atoms with Crippen LogP contribution in [0, 0.1) is 13.8 Å². The maximum absolute atomic E-state index is 12.7. The molecule has 0 saturated carbocycles. The highest BCUT2D eigenvalue weighted by Crippen LogP contribution is 2.26. The summed E-state index contributed by atoms with van der Waals surface area (Å²) in [5.41, 5.74) is 3.57. The first-order valence-electron chi connectivity index (χ1n) is 7.87. The number of H-pyrrole nitrogens is 2. The Labute approximate surface area is 133 Å². The van der Waals surface area contributed by atoms with Crippen LogP contribution in [0.2, 0.25) is 0 Å². The lowest BCUT2D eigenvalue weighted by Gasteiger charge is -2.16. The van der Waals surface area contributed by atoms with Crippen LogP contribution in [0.4, 0.5) is 0 Å². The molecule has 3 heterocycles. The lowest BCUT2D eigenvalue weighted by molar-refractivity contribution is 0.0790. The van der Waals surface area contributed by atoms with E-state index < -0.39 is 0 Å². The number of aromatic nitrogens is 4. The fourth-order valence-electron chi connectivity index (χ4n) is 3.26. The van der Waals surface area contributed by atoms with Gasteiger partial charge in [0.25, 0.3) is 5.91 Å². The molecule has 23 heavy (non-hydrogen) atoms. The number of hydrogen-bond donors (Lipinski definition) is 2. The monoisotopic (exact) mass is 309 g/mol. The van der Waals surface area contributed by atoms with Crippen molar-refractivity contribution in [3.05, 3.63) is 47.3 Å². The van der Waals surface area contributed by atoms with Crippen LogP contribution in [0.3, 0.4) is 0 Å². The second kappa shape index (κ2) is 5.22. The molecule has 1 aliphatic heterocycles. The number of rotatable bonds is 2. The molecule has 1 amide bonds. The molecular weight excluding hydrogens is 290 g/mol. The fourth-order valence-corrected chi connectivity index (χ4v) is 3.26. The van der Waals surface area contributed by atoms with E-state index in [4.69, 9.17) is 0 Å². The number of imidazole rings is 2. The maximum atomic E-state index is 12.7. The fraction of sp³-hybridized carbons (Fsp3) is 0.353. The molecule has 1 aromatic carbocycles. The molecule has 1 atom stereocenters. The van der Waals surface area contributed by atoms with E-state index in [0.29, 0.717) is 18.0 Å². The third-order valence-corrected chi connectivity index (χ3v) is 4.43. The zero-order valence-corrected chi connectivity index (χ0v) is 13.3. The smallest absolute Gasteiger partial charge is 0.253 e. The molecule has 2 aromatic heterocycles. The number of carbonyl (C=O) groups excluding carboxylic acids is 1. The third-order valence-electron chi connectivity index (χ3n) is 4.43. The van der Waals surface area contributed by atoms with E-state index in [2.05, 4.69) is 19.9 Å². The van der Waals surface area contributed by atoms with Gasteiger partial charge in [-0.2, -0.15) is 0 Å². The Balaban J connectivity index is 1.54. The van der Waals surface area contributed by atoms with E-state index in [1.165, 1.54) is 0 Å². The molecule has 0 unspecified atom stereocenters. The number of hydrogen-bond acceptors (Lipinski definition) is 3. The van der Waals surface area contributed by atoms with Crippen LogP contribution in [0.15, 0.2) is 24.4 Å². The molecule has 6 nitrogen and oxygen atoms in total. The van der Waals surface area contributed by atoms with Crippen LogP contribution in [0.1, 0.15) is 40.0 Å². The number of amides is 1. The summed E-state index contributed by atoms with van der Waals surface area (Å²) in [7, 11) is 0. The van der Waals surface area contributed by atoms with Gasteiger partial charge in [0, 0.05) is 36.5 Å². The molecule has 1 fully saturated rings. The predicted molar refractivity (Wildman–Crippen MR) is 87.4 cm³/mol. The summed E-state index contributed by atoms with van der Waals surface area (Å²) in [4.78, 5) is 29.9. The lowest BCUT2D eigenvalue weighted by Crippen LogP contribution is -2.28. The standard InChI is InChI=1S/C17H19N5O/c1-10-8-18-16(19-10)13-5-6-22(9-13)17(23)12-3-4-14-15(7-12)21-11(2)20-14/h3-4,7-8,13H,5-6,9H2,1-2H3,(H,18,19)(H,20,21)/t13-/m1/s1. The van der Waals surface area contributed by atoms with Gasteiger partial charge < -0.3 is 14.9 Å². The summed E-state index contributed by atoms with van der Waals surface area (Å²) in [6, 6.07) is 5.65. The number of aryl methyl sites for hydroxylation is 2. The molecule has 0 spiro atoms. The zero-order valence-electron chi connectivity index (χ0n) is 13.3. The number of likely N-dealkylation sites (tertiary alicyclic amines) is 1. The Morgan fingerprint density at radius 3 is 2.96 bits per heavy atom. The van der Waals surface area contributed by atoms with Crippen molar-refractivity contribution in [1.29, 1.82) is 0 Å². The first-order chi connectivity index (χ1) is 11.1. The summed E-state index contributed by atoms with van der Waals surface area (Å²) in [6.45, 7) is 5.39. The molecule has 2 N–H and O–H groups in total. The topological polar surface area (TPSA) is 77.7 Å². The molecule has 1 aliphatic rings. The minimum Gasteiger partial charge on any atom is -0.346 e. The van der Waals surface area contributed by atoms with Gasteiger partial charge in [-0.25, -0.2) is 9.97 Å². The molecule has 3 aromatic rings. The maximum Gasteiger partial charge on any atom is 0.253 e. The Kier molecular flexibility index (Phi) is 3.18. The molecule has 0 radical (unpaired) electrons. The van der Waals surface area contributed by atoms with Crippen LogP contribution in [0.25, 0.3) is 11.0 Å². The van der Waals surface area contributed by atoms with Crippen molar-refractivity contribution in [2.75, 3.05) is 13.1 Å². The average molecular weight is 309 g/mol. The van der Waals surface area contributed by atoms with Gasteiger partial charge in [-0.05, 0) is 38.5 Å². The molecule has 6 heteroatoms. The van der Waals surface area contributed by atoms with Gasteiger partial charge in [0.15, 0.2) is 0 Å². The van der Waals surface area contributed by atoms with Crippen LogP contribution in [0.5, 0.6) is 0 Å². The second-order valence-corrected chi connectivity index (χ2v) is 6.24. The van der Waals surface area contributed by atoms with Crippen molar-refractivity contribution in [3.63, 3.8) is 0 Å². The van der Waals surface area contributed by atoms with Crippen LogP contribution < -0.4 is 0 Å². The minimum atomic E-state index is 0.0740. The van der Waals surface area contributed by atoms with Crippen molar-refractivity contribution in [1.82, 2.24) is 24.8 Å². The van der Waals surface area contributed by atoms with E-state index >= 15 is 0 Å². The van der Waals surface area contributed by atoms with Gasteiger partial charge in [-0.3, -0.25) is 4.79 Å². The summed E-state index contributed by atoms with van der Waals surface area (Å²) in [5.74, 6) is 2.21. The number of nitrogens with one attached hydrogen (secondary N) is 2. The van der Waals surface area contributed by atoms with Gasteiger partial charge in [-0.15, -0.1) is 0 Å². The second-order valence-electron chi connectivity index (χ2n) is 6.24. The van der Waals surface area contributed by atoms with Crippen molar-refractivity contribution in [2.45, 2.75) is 26.2 Å². The SMILES string of the molecule is Cc1cnc([C@@H]2CCN(C(=O)c3ccc4nc(C)[nH]c4c3)C2)[nH]1. The number of fused-ring (bicyclic) bond motifs is 1. The largest absolute Gasteiger partial charge is 0.346 e. The Bertz CT molecular complexity index is 878. The van der Waals surface area contributed by atoms with E-state index in [0.717, 1.165) is 41.3 Å². The van der Waals surface area contributed by atoms with Crippen molar-refractivity contribution < 1.29 is 4.79 Å². The van der Waals surface area contributed by atoms with Crippen molar-refractivity contribution >= 4 is 16.9 Å². The molecule has 118 valence electrons. The van der Waals surface area contributed by atoms with Gasteiger partial charge in [0.1, 0.15) is 11.6 Å². The summed E-state index contributed by atoms with van der Waals surface area (Å²) in [5, 5.41) is 0. The number of carbonyl (C=O) groups is 1. The van der Waals surface area contributed by atoms with Gasteiger partial charge in [0.05, 0.1) is 11.0 Å². The highest BCUT2D eigenvalue weighted by Gasteiger charge is 2.29. The molecule has 0 aliphatic carbocycles. The molecule has 4 rings (SSSR count). The van der Waals surface area contributed by atoms with Crippen LogP contribution in [-0.2, 0) is 0 Å². The highest BCUT2D eigenvalue weighted by molar-refractivity contribution is 5.97. The first-order valence-corrected chi connectivity index (χ1v) is 7.87. The van der Waals surface area contributed by atoms with Gasteiger partial charge >= 0.3 is 0 Å². The van der Waals surface area contributed by atoms with E-state index in [1.807, 2.05) is 43.1 Å². The third kappa shape index (κ3) is 2.50. The summed E-state index contributed by atoms with van der Waals surface area (Å²) >= 11 is 0. The van der Waals surface area contributed by atoms with E-state index in [-0.39, 0.29) is 5.91 Å². The predicted octanol–water partition coefficient (Wildman–Crippen LogP) is 2.53. The average Bonchev–Trinajstić information content (AvgIpc) is 3.23. The van der Waals surface area contributed by atoms with Crippen LogP contribution >= 0.6 is 0 Å². The summed E-state index contributed by atoms with van der Waals surface area (Å²) in [6.07, 6.45) is 2.79. The molecule has 1 saturated heterocycles. The van der Waals surface area contributed by atoms with Gasteiger partial charge in [-0.1, -0.05) is 0 Å². The Hall–Kier alpha value is -2.63. The van der Waals surface area contributed by atoms with Crippen molar-refractivity contribution in [2.24, 2.45) is 0 Å². The molecular formula is C17H19N5O. The number of nitrogens with zero attached hydrogens (tertiary/aromatic N) is 3. The van der Waals surface area contributed by atoms with E-state index in [1.54, 1.807) is 0 Å².